The predicted molar refractivity (Wildman–Crippen MR) is 59.6 cm³/mol. The van der Waals surface area contributed by atoms with Gasteiger partial charge in [-0.05, 0) is 19.1 Å². The Balaban J connectivity index is 2.36. The summed E-state index contributed by atoms with van der Waals surface area (Å²) in [5.74, 6) is 0.769. The van der Waals surface area contributed by atoms with Gasteiger partial charge in [0.2, 0.25) is 0 Å². The molecule has 3 nitrogen and oxygen atoms in total. The number of hydrogen-bond acceptors (Lipinski definition) is 3. The van der Waals surface area contributed by atoms with Crippen LogP contribution < -0.4 is 5.73 Å². The summed E-state index contributed by atoms with van der Waals surface area (Å²) in [5.41, 5.74) is 6.86. The molecule has 2 aromatic rings. The lowest BCUT2D eigenvalue weighted by atomic mass is 10.1. The molecule has 0 aliphatic rings. The van der Waals surface area contributed by atoms with Crippen LogP contribution in [0.4, 0.5) is 0 Å². The molecule has 2 rings (SSSR count). The molecule has 0 aliphatic carbocycles. The third kappa shape index (κ3) is 1.89. The Morgan fingerprint density at radius 3 is 2.73 bits per heavy atom. The van der Waals surface area contributed by atoms with Crippen LogP contribution in [0.2, 0.25) is 0 Å². The lowest BCUT2D eigenvalue weighted by Gasteiger charge is -2.15. The van der Waals surface area contributed by atoms with Gasteiger partial charge in [-0.2, -0.15) is 0 Å². The van der Waals surface area contributed by atoms with Crippen LogP contribution >= 0.6 is 0 Å². The van der Waals surface area contributed by atoms with Crippen LogP contribution in [0.5, 0.6) is 0 Å². The minimum atomic E-state index is -0.220. The van der Waals surface area contributed by atoms with Crippen LogP contribution in [0.1, 0.15) is 18.7 Å². The molecule has 0 saturated heterocycles. The van der Waals surface area contributed by atoms with E-state index in [2.05, 4.69) is 0 Å². The van der Waals surface area contributed by atoms with Gasteiger partial charge in [-0.25, -0.2) is 0 Å². The van der Waals surface area contributed by atoms with Gasteiger partial charge in [0, 0.05) is 12.5 Å². The van der Waals surface area contributed by atoms with Crippen molar-refractivity contribution in [1.29, 1.82) is 0 Å². The normalized spacial score (nSPS) is 15.4. The Labute approximate surface area is 88.8 Å². The first-order chi connectivity index (χ1) is 7.22. The average molecular weight is 205 g/mol. The van der Waals surface area contributed by atoms with E-state index < -0.39 is 0 Å². The molecule has 3 heteroatoms. The first-order valence-corrected chi connectivity index (χ1v) is 4.99. The number of fused-ring (bicyclic) bond motifs is 1. The van der Waals surface area contributed by atoms with Gasteiger partial charge in [-0.1, -0.05) is 18.2 Å². The van der Waals surface area contributed by atoms with Crippen molar-refractivity contribution in [3.05, 3.63) is 36.1 Å². The summed E-state index contributed by atoms with van der Waals surface area (Å²) in [6.07, 6.45) is -0.0504. The highest BCUT2D eigenvalue weighted by molar-refractivity contribution is 5.77. The van der Waals surface area contributed by atoms with E-state index >= 15 is 0 Å². The fourth-order valence-corrected chi connectivity index (χ4v) is 1.54. The minimum Gasteiger partial charge on any atom is -0.459 e. The molecule has 0 spiro atoms. The monoisotopic (exact) mass is 205 g/mol. The van der Waals surface area contributed by atoms with Crippen molar-refractivity contribution >= 4 is 11.0 Å². The molecule has 1 aromatic carbocycles. The van der Waals surface area contributed by atoms with Gasteiger partial charge in [0.15, 0.2) is 0 Å². The summed E-state index contributed by atoms with van der Waals surface area (Å²) in [5, 5.41) is 1.08. The second kappa shape index (κ2) is 4.04. The molecule has 2 unspecified atom stereocenters. The van der Waals surface area contributed by atoms with Gasteiger partial charge in [-0.15, -0.1) is 0 Å². The number of hydrogen-bond donors (Lipinski definition) is 1. The Kier molecular flexibility index (Phi) is 2.75. The number of nitrogens with two attached hydrogens (primary N) is 1. The Morgan fingerprint density at radius 1 is 1.33 bits per heavy atom. The first kappa shape index (κ1) is 10.2. The number of para-hydroxylation sites is 1. The molecule has 0 fully saturated rings. The van der Waals surface area contributed by atoms with Crippen molar-refractivity contribution in [3.63, 3.8) is 0 Å². The van der Waals surface area contributed by atoms with Gasteiger partial charge in [0.05, 0.1) is 12.1 Å². The second-order valence-electron chi connectivity index (χ2n) is 3.65. The van der Waals surface area contributed by atoms with Crippen LogP contribution in [-0.2, 0) is 4.74 Å². The molecule has 2 N–H and O–H groups in total. The quantitative estimate of drug-likeness (QED) is 0.837. The molecule has 2 atom stereocenters. The van der Waals surface area contributed by atoms with Crippen molar-refractivity contribution in [2.24, 2.45) is 5.73 Å². The fraction of sp³-hybridized carbons (Fsp3) is 0.333. The summed E-state index contributed by atoms with van der Waals surface area (Å²) in [7, 11) is 1.65. The molecule has 15 heavy (non-hydrogen) atoms. The largest absolute Gasteiger partial charge is 0.459 e. The third-order valence-corrected chi connectivity index (χ3v) is 2.65. The molecule has 0 bridgehead atoms. The van der Waals surface area contributed by atoms with Gasteiger partial charge >= 0.3 is 0 Å². The highest BCUT2D eigenvalue weighted by Gasteiger charge is 2.18. The van der Waals surface area contributed by atoms with E-state index in [4.69, 9.17) is 14.9 Å². The van der Waals surface area contributed by atoms with Crippen molar-refractivity contribution < 1.29 is 9.15 Å². The molecule has 0 aliphatic heterocycles. The van der Waals surface area contributed by atoms with E-state index in [0.29, 0.717) is 0 Å². The topological polar surface area (TPSA) is 48.4 Å². The van der Waals surface area contributed by atoms with Gasteiger partial charge in [0.1, 0.15) is 11.3 Å². The zero-order chi connectivity index (χ0) is 10.8. The Morgan fingerprint density at radius 2 is 2.07 bits per heavy atom. The minimum absolute atomic E-state index is 0.0504. The van der Waals surface area contributed by atoms with Gasteiger partial charge in [-0.3, -0.25) is 0 Å². The molecule has 0 amide bonds. The second-order valence-corrected chi connectivity index (χ2v) is 3.65. The van der Waals surface area contributed by atoms with Crippen LogP contribution in [-0.4, -0.2) is 13.2 Å². The smallest absolute Gasteiger partial charge is 0.134 e. The zero-order valence-corrected chi connectivity index (χ0v) is 8.94. The summed E-state index contributed by atoms with van der Waals surface area (Å²) >= 11 is 0. The summed E-state index contributed by atoms with van der Waals surface area (Å²) in [4.78, 5) is 0. The molecule has 1 aromatic heterocycles. The molecular formula is C12H15NO2. The van der Waals surface area contributed by atoms with E-state index in [1.807, 2.05) is 37.3 Å². The lowest BCUT2D eigenvalue weighted by molar-refractivity contribution is 0.0895. The SMILES string of the molecule is COC(C)C(N)c1cc2ccccc2o1. The molecule has 1 heterocycles. The van der Waals surface area contributed by atoms with Crippen molar-refractivity contribution in [3.8, 4) is 0 Å². The van der Waals surface area contributed by atoms with E-state index in [9.17, 15) is 0 Å². The van der Waals surface area contributed by atoms with Crippen molar-refractivity contribution in [1.82, 2.24) is 0 Å². The number of furan rings is 1. The maximum absolute atomic E-state index is 5.99. The van der Waals surface area contributed by atoms with Crippen molar-refractivity contribution in [2.75, 3.05) is 7.11 Å². The zero-order valence-electron chi connectivity index (χ0n) is 8.94. The maximum Gasteiger partial charge on any atom is 0.134 e. The van der Waals surface area contributed by atoms with E-state index in [1.54, 1.807) is 7.11 Å². The molecule has 0 saturated carbocycles. The maximum atomic E-state index is 5.99. The highest BCUT2D eigenvalue weighted by atomic mass is 16.5. The summed E-state index contributed by atoms with van der Waals surface area (Å²) < 4.78 is 10.8. The number of methoxy groups -OCH3 is 1. The highest BCUT2D eigenvalue weighted by Crippen LogP contribution is 2.24. The fourth-order valence-electron chi connectivity index (χ4n) is 1.54. The molecular weight excluding hydrogens is 190 g/mol. The first-order valence-electron chi connectivity index (χ1n) is 4.99. The predicted octanol–water partition coefficient (Wildman–Crippen LogP) is 2.47. The summed E-state index contributed by atoms with van der Waals surface area (Å²) in [6, 6.07) is 9.61. The van der Waals surface area contributed by atoms with E-state index in [0.717, 1.165) is 16.7 Å². The van der Waals surface area contributed by atoms with E-state index in [-0.39, 0.29) is 12.1 Å². The van der Waals surface area contributed by atoms with E-state index in [1.165, 1.54) is 0 Å². The Bertz CT molecular complexity index is 417. The standard InChI is InChI=1S/C12H15NO2/c1-8(14-2)12(13)11-7-9-5-3-4-6-10(9)15-11/h3-8,12H,13H2,1-2H3. The lowest BCUT2D eigenvalue weighted by Crippen LogP contribution is -2.24. The Hall–Kier alpha value is -1.32. The number of rotatable bonds is 3. The molecule has 0 radical (unpaired) electrons. The number of benzene rings is 1. The summed E-state index contributed by atoms with van der Waals surface area (Å²) in [6.45, 7) is 1.93. The average Bonchev–Trinajstić information content (AvgIpc) is 2.70. The van der Waals surface area contributed by atoms with Crippen LogP contribution in [0.3, 0.4) is 0 Å². The van der Waals surface area contributed by atoms with Crippen LogP contribution in [0, 0.1) is 0 Å². The van der Waals surface area contributed by atoms with Gasteiger partial charge < -0.3 is 14.9 Å². The number of ether oxygens (including phenoxy) is 1. The molecule has 80 valence electrons. The van der Waals surface area contributed by atoms with Crippen molar-refractivity contribution in [2.45, 2.75) is 19.1 Å². The third-order valence-electron chi connectivity index (χ3n) is 2.65. The van der Waals surface area contributed by atoms with Gasteiger partial charge in [0.25, 0.3) is 0 Å². The van der Waals surface area contributed by atoms with Crippen LogP contribution in [0.25, 0.3) is 11.0 Å². The van der Waals surface area contributed by atoms with Crippen LogP contribution in [0.15, 0.2) is 34.7 Å².